The van der Waals surface area contributed by atoms with Crippen LogP contribution in [0.15, 0.2) is 54.6 Å². The Labute approximate surface area is 173 Å². The van der Waals surface area contributed by atoms with Crippen LogP contribution in [0, 0.1) is 17.2 Å². The van der Waals surface area contributed by atoms with Gasteiger partial charge in [-0.2, -0.15) is 5.26 Å². The lowest BCUT2D eigenvalue weighted by Gasteiger charge is -2.43. The molecule has 2 aromatic carbocycles. The van der Waals surface area contributed by atoms with Crippen molar-refractivity contribution in [2.45, 2.75) is 37.6 Å². The molecule has 1 saturated heterocycles. The van der Waals surface area contributed by atoms with Crippen molar-refractivity contribution in [2.24, 2.45) is 5.92 Å². The smallest absolute Gasteiger partial charge is 0.243 e. The molecule has 0 radical (unpaired) electrons. The first kappa shape index (κ1) is 19.7. The van der Waals surface area contributed by atoms with E-state index in [1.807, 2.05) is 11.0 Å². The molecule has 1 aliphatic carbocycles. The molecule has 1 atom stereocenters. The molecule has 0 unspecified atom stereocenters. The Morgan fingerprint density at radius 1 is 1.14 bits per heavy atom. The van der Waals surface area contributed by atoms with Crippen LogP contribution in [0.2, 0.25) is 0 Å². The topological polar surface area (TPSA) is 47.3 Å². The molecule has 0 bridgehead atoms. The van der Waals surface area contributed by atoms with Gasteiger partial charge in [0, 0.05) is 32.5 Å². The lowest BCUT2D eigenvalue weighted by atomic mass is 9.89. The Kier molecular flexibility index (Phi) is 5.69. The Hall–Kier alpha value is -2.64. The van der Waals surface area contributed by atoms with E-state index in [1.165, 1.54) is 16.7 Å². The Morgan fingerprint density at radius 3 is 2.45 bits per heavy atom. The van der Waals surface area contributed by atoms with Gasteiger partial charge in [0.15, 0.2) is 0 Å². The van der Waals surface area contributed by atoms with Gasteiger partial charge in [-0.15, -0.1) is 0 Å². The van der Waals surface area contributed by atoms with Gasteiger partial charge in [-0.3, -0.25) is 9.69 Å². The second-order valence-electron chi connectivity index (χ2n) is 8.53. The van der Waals surface area contributed by atoms with Crippen LogP contribution in [0.1, 0.15) is 29.5 Å². The molecule has 0 spiro atoms. The highest BCUT2D eigenvalue weighted by molar-refractivity contribution is 5.88. The number of hydrogen-bond acceptors (Lipinski definition) is 3. The molecule has 0 aromatic heterocycles. The number of amides is 1. The van der Waals surface area contributed by atoms with Gasteiger partial charge >= 0.3 is 0 Å². The molecule has 4 rings (SSSR count). The van der Waals surface area contributed by atoms with Crippen LogP contribution < -0.4 is 0 Å². The highest BCUT2D eigenvalue weighted by Gasteiger charge is 2.49. The minimum atomic E-state index is -0.546. The number of benzene rings is 2. The summed E-state index contributed by atoms with van der Waals surface area (Å²) < 4.78 is 0. The summed E-state index contributed by atoms with van der Waals surface area (Å²) in [6, 6.07) is 21.3. The van der Waals surface area contributed by atoms with Crippen molar-refractivity contribution >= 4 is 5.91 Å². The normalized spacial score (nSPS) is 20.3. The lowest BCUT2D eigenvalue weighted by molar-refractivity contribution is -0.145. The summed E-state index contributed by atoms with van der Waals surface area (Å²) >= 11 is 0. The van der Waals surface area contributed by atoms with Crippen LogP contribution in [0.25, 0.3) is 0 Å². The molecule has 0 N–H and O–H groups in total. The highest BCUT2D eigenvalue weighted by atomic mass is 16.2. The molecule has 29 heavy (non-hydrogen) atoms. The van der Waals surface area contributed by atoms with Crippen molar-refractivity contribution in [1.82, 2.24) is 9.80 Å². The molecular weight excluding hydrogens is 358 g/mol. The standard InChI is InChI=1S/C25H29N3O/c1-27(15-13-20-8-3-2-4-9-20)25(16-22-11-5-6-12-23(22)17-25)24(29)28-14-7-10-21(18-26)19-28/h2-6,8-9,11-12,21H,7,10,13-17,19H2,1H3/t21-/m1/s1. The number of carbonyl (C=O) groups excluding carboxylic acids is 1. The molecule has 0 saturated carbocycles. The maximum Gasteiger partial charge on any atom is 0.243 e. The van der Waals surface area contributed by atoms with E-state index in [9.17, 15) is 10.1 Å². The number of carbonyl (C=O) groups is 1. The van der Waals surface area contributed by atoms with E-state index in [0.717, 1.165) is 45.2 Å². The van der Waals surface area contributed by atoms with Crippen molar-refractivity contribution in [3.05, 3.63) is 71.3 Å². The third kappa shape index (κ3) is 3.93. The summed E-state index contributed by atoms with van der Waals surface area (Å²) in [5, 5.41) is 9.38. The van der Waals surface area contributed by atoms with Crippen molar-refractivity contribution in [1.29, 1.82) is 5.26 Å². The summed E-state index contributed by atoms with van der Waals surface area (Å²) in [7, 11) is 2.10. The van der Waals surface area contributed by atoms with Crippen molar-refractivity contribution in [2.75, 3.05) is 26.7 Å². The van der Waals surface area contributed by atoms with E-state index in [0.29, 0.717) is 6.54 Å². The zero-order chi connectivity index (χ0) is 20.3. The van der Waals surface area contributed by atoms with Crippen LogP contribution in [0.5, 0.6) is 0 Å². The number of fused-ring (bicyclic) bond motifs is 1. The fourth-order valence-electron chi connectivity index (χ4n) is 4.90. The molecule has 1 amide bonds. The predicted molar refractivity (Wildman–Crippen MR) is 114 cm³/mol. The molecule has 2 aromatic rings. The maximum atomic E-state index is 13.9. The van der Waals surface area contributed by atoms with Gasteiger partial charge in [0.05, 0.1) is 12.0 Å². The molecular formula is C25H29N3O. The van der Waals surface area contributed by atoms with Gasteiger partial charge in [-0.1, -0.05) is 54.6 Å². The number of rotatable bonds is 5. The summed E-state index contributed by atoms with van der Waals surface area (Å²) in [6.07, 6.45) is 4.24. The SMILES string of the molecule is CN(CCc1ccccc1)C1(C(=O)N2CCC[C@H](C#N)C2)Cc2ccccc2C1. The van der Waals surface area contributed by atoms with Gasteiger partial charge in [0.25, 0.3) is 0 Å². The van der Waals surface area contributed by atoms with Crippen molar-refractivity contribution in [3.63, 3.8) is 0 Å². The fraction of sp³-hybridized carbons (Fsp3) is 0.440. The van der Waals surface area contributed by atoms with Crippen LogP contribution in [0.4, 0.5) is 0 Å². The molecule has 4 heteroatoms. The zero-order valence-electron chi connectivity index (χ0n) is 17.2. The maximum absolute atomic E-state index is 13.9. The largest absolute Gasteiger partial charge is 0.340 e. The van der Waals surface area contributed by atoms with Crippen LogP contribution in [-0.4, -0.2) is 47.9 Å². The third-order valence-corrected chi connectivity index (χ3v) is 6.68. The molecule has 1 aliphatic heterocycles. The van der Waals surface area contributed by atoms with Gasteiger partial charge < -0.3 is 4.90 Å². The van der Waals surface area contributed by atoms with E-state index < -0.39 is 5.54 Å². The molecule has 150 valence electrons. The number of nitrogens with zero attached hydrogens (tertiary/aromatic N) is 3. The van der Waals surface area contributed by atoms with E-state index in [1.54, 1.807) is 0 Å². The first-order valence-corrected chi connectivity index (χ1v) is 10.6. The van der Waals surface area contributed by atoms with Gasteiger partial charge in [0.1, 0.15) is 5.54 Å². The number of likely N-dealkylation sites (N-methyl/N-ethyl adjacent to an activating group) is 1. The van der Waals surface area contributed by atoms with Crippen molar-refractivity contribution in [3.8, 4) is 6.07 Å². The van der Waals surface area contributed by atoms with Crippen molar-refractivity contribution < 1.29 is 4.79 Å². The number of nitriles is 1. The first-order chi connectivity index (χ1) is 14.1. The number of piperidine rings is 1. The minimum Gasteiger partial charge on any atom is -0.340 e. The summed E-state index contributed by atoms with van der Waals surface area (Å²) in [4.78, 5) is 18.1. The monoisotopic (exact) mass is 387 g/mol. The van der Waals surface area contributed by atoms with Gasteiger partial charge in [-0.05, 0) is 43.0 Å². The van der Waals surface area contributed by atoms with Crippen LogP contribution in [-0.2, 0) is 24.1 Å². The third-order valence-electron chi connectivity index (χ3n) is 6.68. The average molecular weight is 388 g/mol. The molecule has 1 heterocycles. The van der Waals surface area contributed by atoms with E-state index >= 15 is 0 Å². The molecule has 4 nitrogen and oxygen atoms in total. The number of likely N-dealkylation sites (tertiary alicyclic amines) is 1. The second kappa shape index (κ2) is 8.39. The molecule has 2 aliphatic rings. The highest BCUT2D eigenvalue weighted by Crippen LogP contribution is 2.36. The Bertz CT molecular complexity index is 877. The van der Waals surface area contributed by atoms with E-state index in [-0.39, 0.29) is 11.8 Å². The van der Waals surface area contributed by atoms with E-state index in [4.69, 9.17) is 0 Å². The summed E-state index contributed by atoms with van der Waals surface area (Å²) in [5.74, 6) is 0.160. The quantitative estimate of drug-likeness (QED) is 0.789. The summed E-state index contributed by atoms with van der Waals surface area (Å²) in [5.41, 5.74) is 3.30. The van der Waals surface area contributed by atoms with Gasteiger partial charge in [0.2, 0.25) is 5.91 Å². The van der Waals surface area contributed by atoms with Crippen LogP contribution >= 0.6 is 0 Å². The fourth-order valence-corrected chi connectivity index (χ4v) is 4.90. The minimum absolute atomic E-state index is 0.0387. The van der Waals surface area contributed by atoms with E-state index in [2.05, 4.69) is 66.5 Å². The average Bonchev–Trinajstić information content (AvgIpc) is 3.18. The Balaban J connectivity index is 1.58. The zero-order valence-corrected chi connectivity index (χ0v) is 17.2. The molecule has 1 fully saturated rings. The van der Waals surface area contributed by atoms with Crippen LogP contribution in [0.3, 0.4) is 0 Å². The second-order valence-corrected chi connectivity index (χ2v) is 8.53. The summed E-state index contributed by atoms with van der Waals surface area (Å²) in [6.45, 7) is 2.17. The number of hydrogen-bond donors (Lipinski definition) is 0. The van der Waals surface area contributed by atoms with Gasteiger partial charge in [-0.25, -0.2) is 0 Å². The Morgan fingerprint density at radius 2 is 1.79 bits per heavy atom. The first-order valence-electron chi connectivity index (χ1n) is 10.6. The predicted octanol–water partition coefficient (Wildman–Crippen LogP) is 3.46. The lowest BCUT2D eigenvalue weighted by Crippen LogP contribution is -2.61.